The largest absolute Gasteiger partial charge is 0.309 e. The van der Waals surface area contributed by atoms with Crippen molar-refractivity contribution in [3.05, 3.63) is 35.4 Å². The van der Waals surface area contributed by atoms with Gasteiger partial charge in [-0.3, -0.25) is 0 Å². The van der Waals surface area contributed by atoms with E-state index in [1.807, 2.05) is 0 Å². The topological polar surface area (TPSA) is 3.24 Å². The SMILES string of the molecule is Cc1ccccc1CCCCCCCCCCCCCCCCN(C)C. The summed E-state index contributed by atoms with van der Waals surface area (Å²) in [5, 5.41) is 0. The highest BCUT2D eigenvalue weighted by atomic mass is 15.0. The van der Waals surface area contributed by atoms with Crippen LogP contribution in [0.2, 0.25) is 0 Å². The van der Waals surface area contributed by atoms with E-state index in [4.69, 9.17) is 0 Å². The molecule has 0 saturated carbocycles. The third-order valence-corrected chi connectivity index (χ3v) is 5.56. The predicted molar refractivity (Wildman–Crippen MR) is 118 cm³/mol. The predicted octanol–water partition coefficient (Wildman–Crippen LogP) is 7.56. The third kappa shape index (κ3) is 13.4. The lowest BCUT2D eigenvalue weighted by Gasteiger charge is -2.08. The summed E-state index contributed by atoms with van der Waals surface area (Å²) in [6, 6.07) is 8.85. The molecule has 0 radical (unpaired) electrons. The van der Waals surface area contributed by atoms with Crippen molar-refractivity contribution < 1.29 is 0 Å². The lowest BCUT2D eigenvalue weighted by atomic mass is 10.0. The molecule has 0 aromatic heterocycles. The lowest BCUT2D eigenvalue weighted by molar-refractivity contribution is 0.389. The molecule has 0 aliphatic rings. The van der Waals surface area contributed by atoms with E-state index >= 15 is 0 Å². The van der Waals surface area contributed by atoms with Crippen LogP contribution in [-0.2, 0) is 6.42 Å². The maximum atomic E-state index is 2.30. The van der Waals surface area contributed by atoms with Gasteiger partial charge in [0.1, 0.15) is 0 Å². The maximum Gasteiger partial charge on any atom is -0.00248 e. The number of rotatable bonds is 17. The van der Waals surface area contributed by atoms with Gasteiger partial charge in [0, 0.05) is 0 Å². The first-order chi connectivity index (χ1) is 12.7. The Morgan fingerprint density at radius 3 is 1.46 bits per heavy atom. The molecule has 0 heterocycles. The first-order valence-corrected chi connectivity index (χ1v) is 11.4. The average molecular weight is 360 g/mol. The summed E-state index contributed by atoms with van der Waals surface area (Å²) in [6.45, 7) is 3.49. The summed E-state index contributed by atoms with van der Waals surface area (Å²) in [7, 11) is 4.34. The highest BCUT2D eigenvalue weighted by molar-refractivity contribution is 5.25. The fraction of sp³-hybridized carbons (Fsp3) is 0.760. The van der Waals surface area contributed by atoms with Crippen LogP contribution in [0.5, 0.6) is 0 Å². The van der Waals surface area contributed by atoms with Gasteiger partial charge in [-0.15, -0.1) is 0 Å². The Morgan fingerprint density at radius 2 is 1.00 bits per heavy atom. The summed E-state index contributed by atoms with van der Waals surface area (Å²) in [5.74, 6) is 0. The van der Waals surface area contributed by atoms with Crippen molar-refractivity contribution in [1.29, 1.82) is 0 Å². The van der Waals surface area contributed by atoms with E-state index in [2.05, 4.69) is 50.2 Å². The van der Waals surface area contributed by atoms with E-state index in [1.165, 1.54) is 108 Å². The summed E-state index contributed by atoms with van der Waals surface area (Å²) < 4.78 is 0. The zero-order chi connectivity index (χ0) is 18.9. The minimum Gasteiger partial charge on any atom is -0.309 e. The molecule has 0 spiro atoms. The Labute approximate surface area is 164 Å². The fourth-order valence-corrected chi connectivity index (χ4v) is 3.76. The van der Waals surface area contributed by atoms with E-state index in [0.29, 0.717) is 0 Å². The molecule has 0 aliphatic carbocycles. The first kappa shape index (κ1) is 23.2. The van der Waals surface area contributed by atoms with Crippen molar-refractivity contribution in [2.24, 2.45) is 0 Å². The molecular formula is C25H45N. The van der Waals surface area contributed by atoms with Crippen LogP contribution < -0.4 is 0 Å². The van der Waals surface area contributed by atoms with Crippen molar-refractivity contribution in [2.75, 3.05) is 20.6 Å². The molecule has 1 aromatic rings. The number of benzene rings is 1. The lowest BCUT2D eigenvalue weighted by Crippen LogP contribution is -2.12. The van der Waals surface area contributed by atoms with Gasteiger partial charge in [0.2, 0.25) is 0 Å². The Bertz CT molecular complexity index is 424. The zero-order valence-electron chi connectivity index (χ0n) is 18.1. The minimum absolute atomic E-state index is 1.26. The van der Waals surface area contributed by atoms with Crippen molar-refractivity contribution >= 4 is 0 Å². The van der Waals surface area contributed by atoms with Crippen LogP contribution in [0.25, 0.3) is 0 Å². The first-order valence-electron chi connectivity index (χ1n) is 11.4. The van der Waals surface area contributed by atoms with Gasteiger partial charge in [-0.05, 0) is 58.0 Å². The van der Waals surface area contributed by atoms with Gasteiger partial charge >= 0.3 is 0 Å². The molecule has 0 bridgehead atoms. The molecule has 1 nitrogen and oxygen atoms in total. The average Bonchev–Trinajstić information content (AvgIpc) is 2.62. The molecule has 26 heavy (non-hydrogen) atoms. The van der Waals surface area contributed by atoms with Crippen molar-refractivity contribution in [3.63, 3.8) is 0 Å². The molecule has 0 N–H and O–H groups in total. The van der Waals surface area contributed by atoms with Crippen LogP contribution in [-0.4, -0.2) is 25.5 Å². The van der Waals surface area contributed by atoms with Gasteiger partial charge in [0.15, 0.2) is 0 Å². The maximum absolute atomic E-state index is 2.30. The van der Waals surface area contributed by atoms with Crippen LogP contribution in [0, 0.1) is 6.92 Å². The van der Waals surface area contributed by atoms with Crippen LogP contribution in [0.15, 0.2) is 24.3 Å². The monoisotopic (exact) mass is 359 g/mol. The normalized spacial score (nSPS) is 11.4. The number of unbranched alkanes of at least 4 members (excludes halogenated alkanes) is 13. The van der Waals surface area contributed by atoms with Gasteiger partial charge in [0.05, 0.1) is 0 Å². The van der Waals surface area contributed by atoms with Crippen LogP contribution >= 0.6 is 0 Å². The summed E-state index contributed by atoms with van der Waals surface area (Å²) in [6.07, 6.45) is 21.3. The number of hydrogen-bond donors (Lipinski definition) is 0. The molecule has 0 amide bonds. The smallest absolute Gasteiger partial charge is 0.00248 e. The highest BCUT2D eigenvalue weighted by Gasteiger charge is 1.98. The van der Waals surface area contributed by atoms with E-state index in [1.54, 1.807) is 5.56 Å². The Hall–Kier alpha value is -0.820. The minimum atomic E-state index is 1.26. The van der Waals surface area contributed by atoms with Gasteiger partial charge < -0.3 is 4.90 Å². The molecule has 1 heteroatoms. The summed E-state index contributed by atoms with van der Waals surface area (Å²) in [4.78, 5) is 2.30. The molecule has 150 valence electrons. The molecule has 1 aromatic carbocycles. The van der Waals surface area contributed by atoms with Crippen LogP contribution in [0.3, 0.4) is 0 Å². The fourth-order valence-electron chi connectivity index (χ4n) is 3.76. The van der Waals surface area contributed by atoms with Gasteiger partial charge in [-0.2, -0.15) is 0 Å². The van der Waals surface area contributed by atoms with Crippen LogP contribution in [0.1, 0.15) is 101 Å². The Morgan fingerprint density at radius 1 is 0.577 bits per heavy atom. The number of hydrogen-bond acceptors (Lipinski definition) is 1. The summed E-state index contributed by atoms with van der Waals surface area (Å²) in [5.41, 5.74) is 3.01. The summed E-state index contributed by atoms with van der Waals surface area (Å²) >= 11 is 0. The molecule has 0 atom stereocenters. The molecule has 0 saturated heterocycles. The van der Waals surface area contributed by atoms with E-state index in [-0.39, 0.29) is 0 Å². The molecule has 0 aliphatic heterocycles. The number of aryl methyl sites for hydroxylation is 2. The molecular weight excluding hydrogens is 314 g/mol. The Balaban J connectivity index is 1.75. The molecule has 0 fully saturated rings. The van der Waals surface area contributed by atoms with Crippen molar-refractivity contribution in [1.82, 2.24) is 4.90 Å². The highest BCUT2D eigenvalue weighted by Crippen LogP contribution is 2.15. The van der Waals surface area contributed by atoms with Gasteiger partial charge in [0.25, 0.3) is 0 Å². The van der Waals surface area contributed by atoms with E-state index < -0.39 is 0 Å². The molecule has 1 rings (SSSR count). The van der Waals surface area contributed by atoms with Crippen molar-refractivity contribution in [2.45, 2.75) is 103 Å². The standard InChI is InChI=1S/C25H45N/c1-24-20-17-18-22-25(24)21-16-14-12-10-8-6-4-5-7-9-11-13-15-19-23-26(2)3/h17-18,20,22H,4-16,19,21,23H2,1-3H3. The third-order valence-electron chi connectivity index (χ3n) is 5.56. The molecule has 0 unspecified atom stereocenters. The second kappa shape index (κ2) is 16.4. The second-order valence-corrected chi connectivity index (χ2v) is 8.43. The Kier molecular flexibility index (Phi) is 14.6. The second-order valence-electron chi connectivity index (χ2n) is 8.43. The van der Waals surface area contributed by atoms with Gasteiger partial charge in [-0.1, -0.05) is 101 Å². The zero-order valence-corrected chi connectivity index (χ0v) is 18.1. The van der Waals surface area contributed by atoms with Crippen LogP contribution in [0.4, 0.5) is 0 Å². The van der Waals surface area contributed by atoms with Crippen molar-refractivity contribution in [3.8, 4) is 0 Å². The van der Waals surface area contributed by atoms with E-state index in [9.17, 15) is 0 Å². The quantitative estimate of drug-likeness (QED) is 0.259. The number of nitrogens with zero attached hydrogens (tertiary/aromatic N) is 1. The van der Waals surface area contributed by atoms with Gasteiger partial charge in [-0.25, -0.2) is 0 Å². The van der Waals surface area contributed by atoms with E-state index in [0.717, 1.165) is 0 Å².